The number of fused-ring (bicyclic) bond motifs is 3. The minimum atomic E-state index is -0.729. The highest BCUT2D eigenvalue weighted by atomic mass is 16.6. The van der Waals surface area contributed by atoms with Gasteiger partial charge in [-0.05, 0) is 169 Å². The maximum Gasteiger partial charge on any atom is 0.115 e. The van der Waals surface area contributed by atoms with Crippen molar-refractivity contribution in [2.24, 2.45) is 46.3 Å². The average molecular weight is 651 g/mol. The molecule has 6 aliphatic rings. The molecule has 1 heterocycles. The van der Waals surface area contributed by atoms with Crippen LogP contribution in [0.3, 0.4) is 0 Å². The number of ether oxygens (including phenoxy) is 1. The molecule has 5 aliphatic carbocycles. The number of hydrogen-bond donors (Lipinski definition) is 5. The van der Waals surface area contributed by atoms with Gasteiger partial charge in [-0.15, -0.1) is 0 Å². The van der Waals surface area contributed by atoms with Crippen LogP contribution in [0.25, 0.3) is 0 Å². The first kappa shape index (κ1) is 34.0. The highest BCUT2D eigenvalue weighted by Crippen LogP contribution is 2.70. The molecule has 0 bridgehead atoms. The van der Waals surface area contributed by atoms with Crippen LogP contribution in [0.4, 0.5) is 0 Å². The fourth-order valence-electron chi connectivity index (χ4n) is 12.5. The third-order valence-corrected chi connectivity index (χ3v) is 15.0. The van der Waals surface area contributed by atoms with E-state index in [4.69, 9.17) is 11.3 Å². The molecule has 262 valence electrons. The van der Waals surface area contributed by atoms with Gasteiger partial charge in [-0.2, -0.15) is 0 Å². The third-order valence-electron chi connectivity index (χ3n) is 15.0. The van der Waals surface area contributed by atoms with Crippen LogP contribution in [0.2, 0.25) is 0 Å². The molecule has 0 radical (unpaired) electrons. The third kappa shape index (κ3) is 6.37. The monoisotopic (exact) mass is 650 g/mol. The number of phenolic OH excluding ortho intramolecular Hbond substituents is 1. The number of phenols is 1. The van der Waals surface area contributed by atoms with Crippen molar-refractivity contribution in [1.82, 2.24) is 0 Å². The topological polar surface area (TPSA) is 114 Å². The maximum absolute atomic E-state index is 11.2. The number of hydrogen-bond acceptors (Lipinski definition) is 6. The molecular weight excluding hydrogens is 588 g/mol. The van der Waals surface area contributed by atoms with Crippen molar-refractivity contribution >= 4 is 0 Å². The summed E-state index contributed by atoms with van der Waals surface area (Å²) in [5.41, 5.74) is 2.18. The summed E-state index contributed by atoms with van der Waals surface area (Å²) in [5, 5.41) is 52.7. The van der Waals surface area contributed by atoms with Crippen molar-refractivity contribution in [2.45, 2.75) is 159 Å². The van der Waals surface area contributed by atoms with E-state index >= 15 is 0 Å². The van der Waals surface area contributed by atoms with Gasteiger partial charge in [0.15, 0.2) is 0 Å². The molecule has 0 unspecified atom stereocenters. The molecule has 1 aliphatic heterocycles. The molecule has 5 saturated carbocycles. The molecule has 1 spiro atoms. The van der Waals surface area contributed by atoms with E-state index in [-0.39, 0.29) is 28.5 Å². The fraction of sp³-hybridized carbons (Fsp3) is 0.805. The predicted molar refractivity (Wildman–Crippen MR) is 184 cm³/mol. The first-order valence-electron chi connectivity index (χ1n) is 19.1. The van der Waals surface area contributed by atoms with Crippen molar-refractivity contribution in [3.8, 4) is 5.75 Å². The second-order valence-corrected chi connectivity index (χ2v) is 18.3. The van der Waals surface area contributed by atoms with Gasteiger partial charge in [0.2, 0.25) is 0 Å². The Morgan fingerprint density at radius 2 is 1.72 bits per heavy atom. The Morgan fingerprint density at radius 3 is 2.45 bits per heavy atom. The van der Waals surface area contributed by atoms with E-state index in [0.717, 1.165) is 83.5 Å². The fourth-order valence-corrected chi connectivity index (χ4v) is 12.5. The molecule has 1 aromatic carbocycles. The van der Waals surface area contributed by atoms with Gasteiger partial charge in [-0.1, -0.05) is 31.2 Å². The van der Waals surface area contributed by atoms with Crippen LogP contribution < -0.4 is 0 Å². The highest BCUT2D eigenvalue weighted by molar-refractivity contribution is 5.28. The second kappa shape index (κ2) is 12.4. The van der Waals surface area contributed by atoms with Gasteiger partial charge < -0.3 is 30.3 Å². The van der Waals surface area contributed by atoms with E-state index in [1.54, 1.807) is 19.1 Å². The number of epoxide rings is 1. The lowest BCUT2D eigenvalue weighted by molar-refractivity contribution is -0.0852. The van der Waals surface area contributed by atoms with Crippen LogP contribution in [0.1, 0.15) is 123 Å². The van der Waals surface area contributed by atoms with E-state index in [9.17, 15) is 25.5 Å². The quantitative estimate of drug-likeness (QED) is 0.152. The van der Waals surface area contributed by atoms with Crippen LogP contribution >= 0.6 is 0 Å². The Kier molecular flexibility index (Phi) is 8.98. The van der Waals surface area contributed by atoms with Crippen molar-refractivity contribution in [3.05, 3.63) is 42.0 Å². The summed E-state index contributed by atoms with van der Waals surface area (Å²) in [7, 11) is 0. The number of aliphatic hydroxyl groups is 4. The molecule has 47 heavy (non-hydrogen) atoms. The van der Waals surface area contributed by atoms with Gasteiger partial charge in [0.1, 0.15) is 5.75 Å². The van der Waals surface area contributed by atoms with Crippen molar-refractivity contribution < 1.29 is 30.3 Å². The Morgan fingerprint density at radius 1 is 0.957 bits per heavy atom. The molecule has 1 saturated heterocycles. The zero-order valence-corrected chi connectivity index (χ0v) is 29.2. The molecular formula is C41H62O6. The molecule has 0 amide bonds. The van der Waals surface area contributed by atoms with Gasteiger partial charge in [-0.25, -0.2) is 0 Å². The number of benzene rings is 1. The van der Waals surface area contributed by atoms with Crippen LogP contribution in [-0.2, 0) is 11.2 Å². The molecule has 6 nitrogen and oxygen atoms in total. The van der Waals surface area contributed by atoms with E-state index in [1.807, 2.05) is 12.1 Å². The summed E-state index contributed by atoms with van der Waals surface area (Å²) in [6.45, 7) is 11.4. The van der Waals surface area contributed by atoms with E-state index in [1.165, 1.54) is 24.0 Å². The van der Waals surface area contributed by atoms with E-state index in [2.05, 4.69) is 13.8 Å². The van der Waals surface area contributed by atoms with Gasteiger partial charge >= 0.3 is 0 Å². The lowest BCUT2D eigenvalue weighted by Gasteiger charge is -2.59. The highest BCUT2D eigenvalue weighted by Gasteiger charge is 2.67. The van der Waals surface area contributed by atoms with Gasteiger partial charge in [0, 0.05) is 11.8 Å². The van der Waals surface area contributed by atoms with Crippen molar-refractivity contribution in [2.75, 3.05) is 0 Å². The Bertz CT molecular complexity index is 1300. The number of aliphatic hydroxyl groups excluding tert-OH is 3. The summed E-state index contributed by atoms with van der Waals surface area (Å²) in [6, 6.07) is 7.64. The summed E-state index contributed by atoms with van der Waals surface area (Å²) < 4.78 is 6.72. The lowest BCUT2D eigenvalue weighted by atomic mass is 9.45. The first-order chi connectivity index (χ1) is 22.2. The van der Waals surface area contributed by atoms with Crippen LogP contribution in [-0.4, -0.2) is 61.2 Å². The largest absolute Gasteiger partial charge is 0.508 e. The lowest BCUT2D eigenvalue weighted by Crippen LogP contribution is -2.52. The number of rotatable bonds is 8. The minimum Gasteiger partial charge on any atom is -0.508 e. The maximum atomic E-state index is 11.2. The summed E-state index contributed by atoms with van der Waals surface area (Å²) >= 11 is 0. The van der Waals surface area contributed by atoms with Gasteiger partial charge in [0.25, 0.3) is 0 Å². The number of aromatic hydroxyl groups is 1. The number of allylic oxidation sites excluding steroid dienone is 1. The molecule has 5 N–H and O–H groups in total. The minimum absolute atomic E-state index is 0.0710. The van der Waals surface area contributed by atoms with Crippen molar-refractivity contribution in [3.63, 3.8) is 0 Å². The second-order valence-electron chi connectivity index (χ2n) is 18.3. The van der Waals surface area contributed by atoms with Crippen LogP contribution in [0.5, 0.6) is 5.75 Å². The molecule has 6 fully saturated rings. The molecule has 6 heteroatoms. The molecule has 7 rings (SSSR count). The van der Waals surface area contributed by atoms with Crippen LogP contribution in [0, 0.1) is 46.3 Å². The van der Waals surface area contributed by atoms with E-state index < -0.39 is 17.8 Å². The zero-order valence-electron chi connectivity index (χ0n) is 29.2. The first-order valence-corrected chi connectivity index (χ1v) is 19.1. The standard InChI is InChI=1S/C41H62O6/c1-25-21-40(16-11-28(22-40)12-17-41(46)14-5-6-32(44)23-41)37-39(4,47-37)15-13-34-33(25)24-38(34,3)35-20-30(36(45)26(2)42)19-29(35)18-27-7-9-31(43)10-8-27/h7-10,26,28-30,32-37,42-46H,1,5-6,11-24H2,2-4H3/t26-,28+,29+,30-,32-,33+,34+,35-,36-,37+,38-,39+,40+,41+/m0/s1. The van der Waals surface area contributed by atoms with Crippen LogP contribution in [0.15, 0.2) is 36.4 Å². The SMILES string of the molecule is C=C1C[C@@]2(CC[C@H](CC[C@]3(O)CCC[C@H](O)C3)C2)[C@@H]2O[C@]2(C)CC[C@@H]2[C@@H]1C[C@]2(C)[C@H]1C[C@@H]([C@@H](O)[C@H](C)O)C[C@H]1Cc1ccc(O)cc1. The summed E-state index contributed by atoms with van der Waals surface area (Å²) in [4.78, 5) is 0. The normalized spacial score (nSPS) is 47.7. The molecule has 14 atom stereocenters. The summed E-state index contributed by atoms with van der Waals surface area (Å²) in [6.07, 6.45) is 14.2. The Hall–Kier alpha value is -1.44. The smallest absolute Gasteiger partial charge is 0.115 e. The Balaban J connectivity index is 1.07. The predicted octanol–water partition coefficient (Wildman–Crippen LogP) is 7.09. The molecule has 1 aromatic rings. The van der Waals surface area contributed by atoms with E-state index in [0.29, 0.717) is 47.9 Å². The zero-order chi connectivity index (χ0) is 33.4. The van der Waals surface area contributed by atoms with Gasteiger partial charge in [0.05, 0.1) is 35.6 Å². The Labute approximate surface area is 283 Å². The summed E-state index contributed by atoms with van der Waals surface area (Å²) in [5.74, 6) is 2.94. The molecule has 0 aromatic heterocycles. The van der Waals surface area contributed by atoms with Crippen molar-refractivity contribution in [1.29, 1.82) is 0 Å². The van der Waals surface area contributed by atoms with Gasteiger partial charge in [-0.3, -0.25) is 0 Å². The average Bonchev–Trinajstić information content (AvgIpc) is 3.31.